The van der Waals surface area contributed by atoms with E-state index in [1.165, 1.54) is 12.1 Å². The quantitative estimate of drug-likeness (QED) is 0.882. The summed E-state index contributed by atoms with van der Waals surface area (Å²) < 4.78 is 13.9. The molecule has 2 amide bonds. The molecule has 1 atom stereocenters. The summed E-state index contributed by atoms with van der Waals surface area (Å²) in [4.78, 5) is 24.6. The number of carbonyl (C=O) groups is 2. The lowest BCUT2D eigenvalue weighted by Gasteiger charge is -2.14. The van der Waals surface area contributed by atoms with Crippen molar-refractivity contribution in [1.82, 2.24) is 10.6 Å². The first-order chi connectivity index (χ1) is 10.6. The lowest BCUT2D eigenvalue weighted by molar-refractivity contribution is -0.122. The van der Waals surface area contributed by atoms with Gasteiger partial charge in [0, 0.05) is 16.6 Å². The van der Waals surface area contributed by atoms with Gasteiger partial charge in [-0.1, -0.05) is 11.6 Å². The first-order valence-electron chi connectivity index (χ1n) is 7.02. The van der Waals surface area contributed by atoms with E-state index in [1.54, 1.807) is 6.07 Å². The third-order valence-corrected chi connectivity index (χ3v) is 5.29. The highest BCUT2D eigenvalue weighted by atomic mass is 35.5. The summed E-state index contributed by atoms with van der Waals surface area (Å²) in [5.41, 5.74) is 0. The Morgan fingerprint density at radius 1 is 1.41 bits per heavy atom. The summed E-state index contributed by atoms with van der Waals surface area (Å²) in [7, 11) is 0. The van der Waals surface area contributed by atoms with Crippen LogP contribution in [0.15, 0.2) is 18.2 Å². The predicted molar refractivity (Wildman–Crippen MR) is 84.9 cm³/mol. The Balaban J connectivity index is 1.85. The molecule has 7 heteroatoms. The van der Waals surface area contributed by atoms with E-state index in [9.17, 15) is 14.0 Å². The van der Waals surface area contributed by atoms with Crippen LogP contribution < -0.4 is 10.6 Å². The van der Waals surface area contributed by atoms with Gasteiger partial charge in [-0.15, -0.1) is 11.3 Å². The number of fused-ring (bicyclic) bond motifs is 1. The topological polar surface area (TPSA) is 58.2 Å². The van der Waals surface area contributed by atoms with Gasteiger partial charge in [-0.25, -0.2) is 4.39 Å². The van der Waals surface area contributed by atoms with E-state index in [0.29, 0.717) is 33.0 Å². The van der Waals surface area contributed by atoms with E-state index in [0.717, 1.165) is 24.2 Å². The van der Waals surface area contributed by atoms with Crippen LogP contribution in [0.25, 0.3) is 10.1 Å². The van der Waals surface area contributed by atoms with Crippen molar-refractivity contribution >= 4 is 44.8 Å². The van der Waals surface area contributed by atoms with Gasteiger partial charge in [-0.3, -0.25) is 9.59 Å². The fourth-order valence-electron chi connectivity index (χ4n) is 2.49. The number of halogens is 2. The number of hydrogen-bond acceptors (Lipinski definition) is 3. The lowest BCUT2D eigenvalue weighted by atomic mass is 10.1. The van der Waals surface area contributed by atoms with Gasteiger partial charge in [-0.05, 0) is 37.5 Å². The molecule has 4 nitrogen and oxygen atoms in total. The van der Waals surface area contributed by atoms with Crippen molar-refractivity contribution in [3.63, 3.8) is 0 Å². The van der Waals surface area contributed by atoms with Gasteiger partial charge in [-0.2, -0.15) is 0 Å². The van der Waals surface area contributed by atoms with Crippen LogP contribution in [-0.2, 0) is 4.79 Å². The van der Waals surface area contributed by atoms with Crippen LogP contribution in [0, 0.1) is 5.82 Å². The van der Waals surface area contributed by atoms with Crippen molar-refractivity contribution in [2.24, 2.45) is 0 Å². The minimum absolute atomic E-state index is 0.172. The standard InChI is InChI=1S/C15H14ClFN2O2S/c16-12-9-5-4-8(17)7-11(9)22-13(12)15(21)19-10-3-1-2-6-18-14(10)20/h4-5,7,10H,1-3,6H2,(H,18,20)(H,19,21)/t10-/m1/s1. The molecule has 1 aromatic heterocycles. The fourth-order valence-corrected chi connectivity index (χ4v) is 3.93. The number of benzene rings is 1. The van der Waals surface area contributed by atoms with Crippen molar-refractivity contribution in [3.05, 3.63) is 33.9 Å². The number of rotatable bonds is 2. The third-order valence-electron chi connectivity index (χ3n) is 3.64. The van der Waals surface area contributed by atoms with E-state index in [-0.39, 0.29) is 11.7 Å². The maximum absolute atomic E-state index is 13.3. The molecule has 1 aromatic carbocycles. The van der Waals surface area contributed by atoms with Crippen LogP contribution >= 0.6 is 22.9 Å². The van der Waals surface area contributed by atoms with Gasteiger partial charge in [0.1, 0.15) is 16.7 Å². The van der Waals surface area contributed by atoms with Crippen molar-refractivity contribution in [1.29, 1.82) is 0 Å². The Morgan fingerprint density at radius 2 is 2.23 bits per heavy atom. The molecule has 0 aliphatic carbocycles. The molecule has 1 aliphatic rings. The molecule has 2 N–H and O–H groups in total. The summed E-state index contributed by atoms with van der Waals surface area (Å²) in [6, 6.07) is 3.66. The minimum Gasteiger partial charge on any atom is -0.354 e. The average molecular weight is 341 g/mol. The predicted octanol–water partition coefficient (Wildman–Crippen LogP) is 3.09. The van der Waals surface area contributed by atoms with Gasteiger partial charge < -0.3 is 10.6 Å². The van der Waals surface area contributed by atoms with Crippen LogP contribution in [0.5, 0.6) is 0 Å². The fraction of sp³-hybridized carbons (Fsp3) is 0.333. The number of nitrogens with one attached hydrogen (secondary N) is 2. The second-order valence-electron chi connectivity index (χ2n) is 5.20. The number of amides is 2. The summed E-state index contributed by atoms with van der Waals surface area (Å²) in [5.74, 6) is -0.941. The van der Waals surface area contributed by atoms with E-state index < -0.39 is 11.9 Å². The Morgan fingerprint density at radius 3 is 3.05 bits per heavy atom. The monoisotopic (exact) mass is 340 g/mol. The molecule has 116 valence electrons. The maximum Gasteiger partial charge on any atom is 0.263 e. The van der Waals surface area contributed by atoms with Crippen LogP contribution in [0.2, 0.25) is 5.02 Å². The minimum atomic E-state index is -0.548. The zero-order valence-electron chi connectivity index (χ0n) is 11.6. The molecular weight excluding hydrogens is 327 g/mol. The van der Waals surface area contributed by atoms with E-state index in [4.69, 9.17) is 11.6 Å². The van der Waals surface area contributed by atoms with Gasteiger partial charge >= 0.3 is 0 Å². The van der Waals surface area contributed by atoms with E-state index in [2.05, 4.69) is 10.6 Å². The Labute approximate surface area is 135 Å². The second-order valence-corrected chi connectivity index (χ2v) is 6.63. The molecule has 3 rings (SSSR count). The molecule has 22 heavy (non-hydrogen) atoms. The summed E-state index contributed by atoms with van der Waals surface area (Å²) in [6.07, 6.45) is 2.38. The van der Waals surface area contributed by atoms with E-state index in [1.807, 2.05) is 0 Å². The molecule has 1 fully saturated rings. The number of thiophene rings is 1. The Bertz CT molecular complexity index is 746. The van der Waals surface area contributed by atoms with Crippen molar-refractivity contribution < 1.29 is 14.0 Å². The molecule has 0 bridgehead atoms. The van der Waals surface area contributed by atoms with Crippen LogP contribution in [-0.4, -0.2) is 24.4 Å². The molecule has 2 heterocycles. The molecule has 0 saturated carbocycles. The smallest absolute Gasteiger partial charge is 0.263 e. The van der Waals surface area contributed by atoms with Crippen molar-refractivity contribution in [2.45, 2.75) is 25.3 Å². The highest BCUT2D eigenvalue weighted by Gasteiger charge is 2.25. The highest BCUT2D eigenvalue weighted by Crippen LogP contribution is 2.35. The average Bonchev–Trinajstić information content (AvgIpc) is 2.67. The molecule has 0 unspecified atom stereocenters. The zero-order chi connectivity index (χ0) is 15.7. The first-order valence-corrected chi connectivity index (χ1v) is 8.22. The second kappa shape index (κ2) is 6.22. The zero-order valence-corrected chi connectivity index (χ0v) is 13.2. The van der Waals surface area contributed by atoms with Crippen LogP contribution in [0.1, 0.15) is 28.9 Å². The number of carbonyl (C=O) groups excluding carboxylic acids is 2. The van der Waals surface area contributed by atoms with Crippen LogP contribution in [0.4, 0.5) is 4.39 Å². The Hall–Kier alpha value is -1.66. The SMILES string of the molecule is O=C(N[C@@H]1CCCCNC1=O)c1sc2cc(F)ccc2c1Cl. The highest BCUT2D eigenvalue weighted by molar-refractivity contribution is 7.21. The lowest BCUT2D eigenvalue weighted by Crippen LogP contribution is -2.45. The van der Waals surface area contributed by atoms with Gasteiger partial charge in [0.25, 0.3) is 5.91 Å². The molecule has 1 aliphatic heterocycles. The molecule has 0 spiro atoms. The first kappa shape index (κ1) is 15.2. The number of hydrogen-bond donors (Lipinski definition) is 2. The van der Waals surface area contributed by atoms with E-state index >= 15 is 0 Å². The molecular formula is C15H14ClFN2O2S. The maximum atomic E-state index is 13.3. The van der Waals surface area contributed by atoms with Crippen LogP contribution in [0.3, 0.4) is 0 Å². The molecule has 2 aromatic rings. The molecule has 1 saturated heterocycles. The normalized spacial score (nSPS) is 18.8. The summed E-state index contributed by atoms with van der Waals surface area (Å²) in [5, 5.41) is 6.43. The van der Waals surface area contributed by atoms with Crippen molar-refractivity contribution in [2.75, 3.05) is 6.54 Å². The van der Waals surface area contributed by atoms with Crippen molar-refractivity contribution in [3.8, 4) is 0 Å². The Kier molecular flexibility index (Phi) is 4.31. The summed E-state index contributed by atoms with van der Waals surface area (Å²) in [6.45, 7) is 0.633. The third kappa shape index (κ3) is 2.94. The summed E-state index contributed by atoms with van der Waals surface area (Å²) >= 11 is 7.34. The van der Waals surface area contributed by atoms with Gasteiger partial charge in [0.2, 0.25) is 5.91 Å². The molecule has 0 radical (unpaired) electrons. The van der Waals surface area contributed by atoms with Gasteiger partial charge in [0.15, 0.2) is 0 Å². The largest absolute Gasteiger partial charge is 0.354 e. The van der Waals surface area contributed by atoms with Gasteiger partial charge in [0.05, 0.1) is 5.02 Å².